The summed E-state index contributed by atoms with van der Waals surface area (Å²) >= 11 is 0. The Morgan fingerprint density at radius 1 is 1.07 bits per heavy atom. The summed E-state index contributed by atoms with van der Waals surface area (Å²) in [6, 6.07) is 11.7. The Hall–Kier alpha value is -2.89. The number of likely N-dealkylation sites (tertiary alicyclic amines) is 1. The number of piperidine rings is 1. The zero-order valence-corrected chi connectivity index (χ0v) is 15.5. The molecule has 4 rings (SSSR count). The van der Waals surface area contributed by atoms with Gasteiger partial charge >= 0.3 is 6.03 Å². The summed E-state index contributed by atoms with van der Waals surface area (Å²) in [4.78, 5) is 30.3. The standard InChI is InChI=1S/C21H24N4O2/c1-22-19(26)15-6-9-23-18(12-15)24-20(27)25-10-7-21(8-11-25)13-16-4-2-3-5-17(16)14-21/h2-6,9,12H,7-8,10-11,13-14H2,1H3,(H,22,26)(H,23,24,27). The van der Waals surface area contributed by atoms with Gasteiger partial charge in [0.05, 0.1) is 0 Å². The number of rotatable bonds is 2. The van der Waals surface area contributed by atoms with Crippen LogP contribution in [0.15, 0.2) is 42.6 Å². The van der Waals surface area contributed by atoms with Crippen LogP contribution in [0.1, 0.15) is 34.3 Å². The fraction of sp³-hybridized carbons (Fsp3) is 0.381. The van der Waals surface area contributed by atoms with E-state index >= 15 is 0 Å². The molecule has 0 radical (unpaired) electrons. The number of fused-ring (bicyclic) bond motifs is 1. The molecule has 6 heteroatoms. The summed E-state index contributed by atoms with van der Waals surface area (Å²) in [5.41, 5.74) is 3.71. The molecule has 1 aromatic carbocycles. The highest BCUT2D eigenvalue weighted by Crippen LogP contribution is 2.44. The average Bonchev–Trinajstić information content (AvgIpc) is 3.05. The maximum atomic E-state index is 12.6. The van der Waals surface area contributed by atoms with E-state index in [-0.39, 0.29) is 11.9 Å². The average molecular weight is 364 g/mol. The molecule has 2 heterocycles. The lowest BCUT2D eigenvalue weighted by molar-refractivity contribution is 0.0963. The van der Waals surface area contributed by atoms with Crippen LogP contribution >= 0.6 is 0 Å². The highest BCUT2D eigenvalue weighted by atomic mass is 16.2. The minimum atomic E-state index is -0.200. The second kappa shape index (κ2) is 7.02. The molecular weight excluding hydrogens is 340 g/mol. The van der Waals surface area contributed by atoms with Crippen molar-refractivity contribution in [1.29, 1.82) is 0 Å². The predicted molar refractivity (Wildman–Crippen MR) is 104 cm³/mol. The number of nitrogens with zero attached hydrogens (tertiary/aromatic N) is 2. The molecule has 1 aromatic heterocycles. The predicted octanol–water partition coefficient (Wildman–Crippen LogP) is 2.85. The number of anilines is 1. The number of pyridine rings is 1. The lowest BCUT2D eigenvalue weighted by atomic mass is 9.76. The maximum absolute atomic E-state index is 12.6. The molecule has 2 N–H and O–H groups in total. The molecule has 1 aliphatic carbocycles. The summed E-state index contributed by atoms with van der Waals surface area (Å²) in [5, 5.41) is 5.39. The van der Waals surface area contributed by atoms with Crippen LogP contribution in [0.5, 0.6) is 0 Å². The van der Waals surface area contributed by atoms with Crippen molar-refractivity contribution in [1.82, 2.24) is 15.2 Å². The molecule has 140 valence electrons. The molecule has 1 fully saturated rings. The molecule has 0 saturated carbocycles. The third kappa shape index (κ3) is 3.52. The Labute approximate surface area is 159 Å². The van der Waals surface area contributed by atoms with Crippen molar-refractivity contribution in [3.05, 3.63) is 59.3 Å². The minimum absolute atomic E-state index is 0.151. The van der Waals surface area contributed by atoms with Crippen LogP contribution in [0, 0.1) is 5.41 Å². The highest BCUT2D eigenvalue weighted by molar-refractivity contribution is 5.96. The van der Waals surface area contributed by atoms with Gasteiger partial charge < -0.3 is 10.2 Å². The van der Waals surface area contributed by atoms with Crippen molar-refractivity contribution in [2.24, 2.45) is 5.41 Å². The largest absolute Gasteiger partial charge is 0.355 e. The van der Waals surface area contributed by atoms with Gasteiger partial charge in [0.2, 0.25) is 0 Å². The molecule has 1 spiro atoms. The second-order valence-corrected chi connectivity index (χ2v) is 7.55. The van der Waals surface area contributed by atoms with Gasteiger partial charge in [-0.1, -0.05) is 24.3 Å². The zero-order chi connectivity index (χ0) is 18.9. The van der Waals surface area contributed by atoms with Crippen LogP contribution in [0.25, 0.3) is 0 Å². The second-order valence-electron chi connectivity index (χ2n) is 7.55. The Balaban J connectivity index is 1.36. The molecule has 3 amide bonds. The molecular formula is C21H24N4O2. The summed E-state index contributed by atoms with van der Waals surface area (Å²) in [5.74, 6) is 0.197. The summed E-state index contributed by atoms with van der Waals surface area (Å²) < 4.78 is 0. The molecule has 1 aliphatic heterocycles. The molecule has 1 saturated heterocycles. The van der Waals surface area contributed by atoms with Gasteiger partial charge in [0.25, 0.3) is 5.91 Å². The van der Waals surface area contributed by atoms with Gasteiger partial charge in [-0.15, -0.1) is 0 Å². The summed E-state index contributed by atoms with van der Waals surface area (Å²) in [6.45, 7) is 1.49. The van der Waals surface area contributed by atoms with Crippen LogP contribution in [0.2, 0.25) is 0 Å². The van der Waals surface area contributed by atoms with Gasteiger partial charge in [0.1, 0.15) is 5.82 Å². The van der Waals surface area contributed by atoms with Gasteiger partial charge in [0.15, 0.2) is 0 Å². The number of nitrogens with one attached hydrogen (secondary N) is 2. The Bertz CT molecular complexity index is 845. The van der Waals surface area contributed by atoms with Crippen LogP contribution < -0.4 is 10.6 Å². The van der Waals surface area contributed by atoms with Gasteiger partial charge in [0, 0.05) is 31.9 Å². The molecule has 27 heavy (non-hydrogen) atoms. The molecule has 0 bridgehead atoms. The number of hydrogen-bond acceptors (Lipinski definition) is 3. The third-order valence-electron chi connectivity index (χ3n) is 5.84. The fourth-order valence-electron chi connectivity index (χ4n) is 4.28. The van der Waals surface area contributed by atoms with Gasteiger partial charge in [-0.3, -0.25) is 10.1 Å². The Kier molecular flexibility index (Phi) is 4.56. The fourth-order valence-corrected chi connectivity index (χ4v) is 4.28. The first-order valence-corrected chi connectivity index (χ1v) is 9.39. The third-order valence-corrected chi connectivity index (χ3v) is 5.84. The van der Waals surface area contributed by atoms with Crippen LogP contribution in [-0.4, -0.2) is 42.0 Å². The van der Waals surface area contributed by atoms with Crippen LogP contribution in [-0.2, 0) is 12.8 Å². The first-order valence-electron chi connectivity index (χ1n) is 9.39. The van der Waals surface area contributed by atoms with Crippen LogP contribution in [0.4, 0.5) is 10.6 Å². The van der Waals surface area contributed by atoms with E-state index in [1.54, 1.807) is 19.2 Å². The van der Waals surface area contributed by atoms with Crippen molar-refractivity contribution >= 4 is 17.8 Å². The summed E-state index contributed by atoms with van der Waals surface area (Å²) in [6.07, 6.45) is 5.80. The van der Waals surface area contributed by atoms with E-state index < -0.39 is 0 Å². The number of aromatic nitrogens is 1. The Morgan fingerprint density at radius 2 is 1.74 bits per heavy atom. The number of amides is 3. The maximum Gasteiger partial charge on any atom is 0.323 e. The molecule has 6 nitrogen and oxygen atoms in total. The first-order chi connectivity index (χ1) is 13.1. The topological polar surface area (TPSA) is 74.3 Å². The zero-order valence-electron chi connectivity index (χ0n) is 15.5. The minimum Gasteiger partial charge on any atom is -0.355 e. The molecule has 0 unspecified atom stereocenters. The Morgan fingerprint density at radius 3 is 2.37 bits per heavy atom. The van der Waals surface area contributed by atoms with E-state index in [4.69, 9.17) is 0 Å². The number of urea groups is 1. The number of benzene rings is 1. The first kappa shape index (κ1) is 17.5. The van der Waals surface area contributed by atoms with Crippen molar-refractivity contribution in [3.63, 3.8) is 0 Å². The quantitative estimate of drug-likeness (QED) is 0.860. The van der Waals surface area contributed by atoms with Gasteiger partial charge in [-0.05, 0) is 54.4 Å². The van der Waals surface area contributed by atoms with Crippen LogP contribution in [0.3, 0.4) is 0 Å². The number of carbonyl (C=O) groups excluding carboxylic acids is 2. The van der Waals surface area contributed by atoms with E-state index in [0.29, 0.717) is 16.8 Å². The van der Waals surface area contributed by atoms with Gasteiger partial charge in [-0.2, -0.15) is 0 Å². The lowest BCUT2D eigenvalue weighted by Gasteiger charge is -2.39. The van der Waals surface area contributed by atoms with E-state index in [9.17, 15) is 9.59 Å². The number of carbonyl (C=O) groups is 2. The van der Waals surface area contributed by atoms with E-state index in [0.717, 1.165) is 38.8 Å². The van der Waals surface area contributed by atoms with E-state index in [2.05, 4.69) is 39.9 Å². The monoisotopic (exact) mass is 364 g/mol. The highest BCUT2D eigenvalue weighted by Gasteiger charge is 2.40. The normalized spacial score (nSPS) is 17.4. The summed E-state index contributed by atoms with van der Waals surface area (Å²) in [7, 11) is 1.58. The molecule has 0 atom stereocenters. The smallest absolute Gasteiger partial charge is 0.323 e. The number of hydrogen-bond donors (Lipinski definition) is 2. The van der Waals surface area contributed by atoms with E-state index in [1.807, 2.05) is 4.90 Å². The van der Waals surface area contributed by atoms with E-state index in [1.165, 1.54) is 17.3 Å². The lowest BCUT2D eigenvalue weighted by Crippen LogP contribution is -2.45. The van der Waals surface area contributed by atoms with Crippen molar-refractivity contribution in [3.8, 4) is 0 Å². The molecule has 2 aromatic rings. The SMILES string of the molecule is CNC(=O)c1ccnc(NC(=O)N2CCC3(CC2)Cc2ccccc2C3)c1. The van der Waals surface area contributed by atoms with Gasteiger partial charge in [-0.25, -0.2) is 9.78 Å². The van der Waals surface area contributed by atoms with Crippen molar-refractivity contribution in [2.75, 3.05) is 25.5 Å². The van der Waals surface area contributed by atoms with Crippen molar-refractivity contribution < 1.29 is 9.59 Å². The molecule has 2 aliphatic rings. The van der Waals surface area contributed by atoms with Crippen molar-refractivity contribution in [2.45, 2.75) is 25.7 Å².